The average molecular weight is 299 g/mol. The average Bonchev–Trinajstić information content (AvgIpc) is 2.63. The molecule has 1 aromatic carbocycles. The molecule has 0 aliphatic heterocycles. The third-order valence-electron chi connectivity index (χ3n) is 2.24. The fourth-order valence-corrected chi connectivity index (χ4v) is 2.81. The smallest absolute Gasteiger partial charge is 0.204 e. The summed E-state index contributed by atoms with van der Waals surface area (Å²) in [7, 11) is 0. The van der Waals surface area contributed by atoms with Gasteiger partial charge in [0.25, 0.3) is 0 Å². The molecule has 0 spiro atoms. The maximum absolute atomic E-state index is 12.9. The zero-order valence-electron chi connectivity index (χ0n) is 8.46. The Bertz CT molecular complexity index is 548. The Morgan fingerprint density at radius 1 is 1.38 bits per heavy atom. The van der Waals surface area contributed by atoms with Crippen LogP contribution in [0, 0.1) is 12.7 Å². The van der Waals surface area contributed by atoms with E-state index in [0.717, 1.165) is 5.56 Å². The lowest BCUT2D eigenvalue weighted by Gasteiger charge is -2.03. The number of hydrogen-bond donors (Lipinski definition) is 0. The van der Waals surface area contributed by atoms with Gasteiger partial charge in [0.15, 0.2) is 0 Å². The molecule has 0 atom stereocenters. The van der Waals surface area contributed by atoms with Crippen LogP contribution in [0.4, 0.5) is 4.39 Å². The van der Waals surface area contributed by atoms with E-state index in [1.54, 1.807) is 0 Å². The topological polar surface area (TPSA) is 17.1 Å². The molecule has 0 radical (unpaired) electrons. The van der Waals surface area contributed by atoms with Crippen molar-refractivity contribution in [2.45, 2.75) is 6.92 Å². The van der Waals surface area contributed by atoms with E-state index >= 15 is 0 Å². The Labute approximate surface area is 105 Å². The summed E-state index contributed by atoms with van der Waals surface area (Å²) in [6.07, 6.45) is 0. The van der Waals surface area contributed by atoms with Crippen molar-refractivity contribution in [1.82, 2.24) is 0 Å². The van der Waals surface area contributed by atoms with Crippen molar-refractivity contribution >= 4 is 33.0 Å². The van der Waals surface area contributed by atoms with E-state index in [1.165, 1.54) is 29.5 Å². The molecule has 0 fully saturated rings. The molecule has 1 heterocycles. The zero-order valence-corrected chi connectivity index (χ0v) is 10.9. The number of thiophene rings is 1. The van der Waals surface area contributed by atoms with Gasteiger partial charge in [-0.05, 0) is 58.1 Å². The van der Waals surface area contributed by atoms with Crippen LogP contribution in [0.25, 0.3) is 0 Å². The summed E-state index contributed by atoms with van der Waals surface area (Å²) in [4.78, 5) is 12.8. The summed E-state index contributed by atoms with van der Waals surface area (Å²) in [5, 5.41) is 1.87. The van der Waals surface area contributed by atoms with Gasteiger partial charge in [-0.2, -0.15) is 0 Å². The Morgan fingerprint density at radius 2 is 2.12 bits per heavy atom. The van der Waals surface area contributed by atoms with E-state index in [0.29, 0.717) is 14.9 Å². The van der Waals surface area contributed by atoms with E-state index in [4.69, 9.17) is 0 Å². The van der Waals surface area contributed by atoms with Gasteiger partial charge in [-0.15, -0.1) is 11.3 Å². The number of benzene rings is 1. The van der Waals surface area contributed by atoms with Gasteiger partial charge in [-0.1, -0.05) is 0 Å². The molecule has 2 aromatic rings. The maximum atomic E-state index is 12.9. The molecule has 2 rings (SSSR count). The van der Waals surface area contributed by atoms with Gasteiger partial charge in [-0.25, -0.2) is 4.39 Å². The predicted molar refractivity (Wildman–Crippen MR) is 66.6 cm³/mol. The molecule has 0 aliphatic carbocycles. The third kappa shape index (κ3) is 2.08. The molecular weight excluding hydrogens is 291 g/mol. The maximum Gasteiger partial charge on any atom is 0.204 e. The van der Waals surface area contributed by atoms with Crippen molar-refractivity contribution in [2.75, 3.05) is 0 Å². The standard InChI is InChI=1S/C12H8BrFOS/c1-7-4-5-16-12(7)11(15)9-3-2-8(14)6-10(9)13/h2-6H,1H3. The number of halogens is 2. The van der Waals surface area contributed by atoms with E-state index in [9.17, 15) is 9.18 Å². The molecule has 1 aromatic heterocycles. The summed E-state index contributed by atoms with van der Waals surface area (Å²) in [5.41, 5.74) is 1.44. The van der Waals surface area contributed by atoms with Gasteiger partial charge in [0.05, 0.1) is 4.88 Å². The van der Waals surface area contributed by atoms with Crippen LogP contribution in [0.5, 0.6) is 0 Å². The molecule has 0 bridgehead atoms. The molecule has 1 nitrogen and oxygen atoms in total. The largest absolute Gasteiger partial charge is 0.288 e. The van der Waals surface area contributed by atoms with Crippen LogP contribution in [0.3, 0.4) is 0 Å². The summed E-state index contributed by atoms with van der Waals surface area (Å²) in [5.74, 6) is -0.425. The minimum Gasteiger partial charge on any atom is -0.288 e. The number of aryl methyl sites for hydroxylation is 1. The van der Waals surface area contributed by atoms with E-state index in [2.05, 4.69) is 15.9 Å². The summed E-state index contributed by atoms with van der Waals surface area (Å²) in [6, 6.07) is 5.99. The van der Waals surface area contributed by atoms with Gasteiger partial charge >= 0.3 is 0 Å². The van der Waals surface area contributed by atoms with Crippen molar-refractivity contribution in [3.63, 3.8) is 0 Å². The molecule has 0 saturated heterocycles. The molecule has 0 N–H and O–H groups in total. The molecular formula is C12H8BrFOS. The molecule has 16 heavy (non-hydrogen) atoms. The molecule has 0 saturated carbocycles. The number of carbonyl (C=O) groups excluding carboxylic acids is 1. The molecule has 0 unspecified atom stereocenters. The third-order valence-corrected chi connectivity index (χ3v) is 3.92. The highest BCUT2D eigenvalue weighted by Gasteiger charge is 2.16. The Morgan fingerprint density at radius 3 is 2.69 bits per heavy atom. The summed E-state index contributed by atoms with van der Waals surface area (Å²) in [6.45, 7) is 1.89. The molecule has 82 valence electrons. The lowest BCUT2D eigenvalue weighted by Crippen LogP contribution is -2.01. The van der Waals surface area contributed by atoms with Crippen molar-refractivity contribution < 1.29 is 9.18 Å². The first-order valence-corrected chi connectivity index (χ1v) is 6.30. The fraction of sp³-hybridized carbons (Fsp3) is 0.0833. The number of rotatable bonds is 2. The van der Waals surface area contributed by atoms with E-state index in [1.807, 2.05) is 18.4 Å². The first-order valence-electron chi connectivity index (χ1n) is 4.63. The van der Waals surface area contributed by atoms with Crippen molar-refractivity contribution in [2.24, 2.45) is 0 Å². The Balaban J connectivity index is 2.46. The first-order chi connectivity index (χ1) is 7.59. The predicted octanol–water partition coefficient (Wildman–Crippen LogP) is 4.19. The normalized spacial score (nSPS) is 10.4. The van der Waals surface area contributed by atoms with Crippen LogP contribution in [0.15, 0.2) is 34.1 Å². The minimum atomic E-state index is -0.355. The zero-order chi connectivity index (χ0) is 11.7. The molecule has 4 heteroatoms. The van der Waals surface area contributed by atoms with Gasteiger partial charge in [0, 0.05) is 10.0 Å². The first kappa shape index (κ1) is 11.5. The van der Waals surface area contributed by atoms with Gasteiger partial charge in [-0.3, -0.25) is 4.79 Å². The van der Waals surface area contributed by atoms with Crippen LogP contribution in [-0.4, -0.2) is 5.78 Å². The summed E-state index contributed by atoms with van der Waals surface area (Å²) < 4.78 is 13.4. The summed E-state index contributed by atoms with van der Waals surface area (Å²) >= 11 is 4.60. The van der Waals surface area contributed by atoms with Crippen LogP contribution in [-0.2, 0) is 0 Å². The second-order valence-corrected chi connectivity index (χ2v) is 5.16. The number of carbonyl (C=O) groups is 1. The highest BCUT2D eigenvalue weighted by molar-refractivity contribution is 9.10. The Kier molecular flexibility index (Phi) is 3.21. The van der Waals surface area contributed by atoms with Crippen molar-refractivity contribution in [1.29, 1.82) is 0 Å². The molecule has 0 amide bonds. The van der Waals surface area contributed by atoms with Crippen LogP contribution < -0.4 is 0 Å². The van der Waals surface area contributed by atoms with Crippen LogP contribution in [0.1, 0.15) is 20.8 Å². The quantitative estimate of drug-likeness (QED) is 0.760. The van der Waals surface area contributed by atoms with Crippen LogP contribution >= 0.6 is 27.3 Å². The van der Waals surface area contributed by atoms with E-state index in [-0.39, 0.29) is 11.6 Å². The highest BCUT2D eigenvalue weighted by Crippen LogP contribution is 2.25. The second-order valence-electron chi connectivity index (χ2n) is 3.39. The number of ketones is 1. The number of hydrogen-bond acceptors (Lipinski definition) is 2. The molecule has 0 aliphatic rings. The van der Waals surface area contributed by atoms with Gasteiger partial charge < -0.3 is 0 Å². The Hall–Kier alpha value is -1.00. The monoisotopic (exact) mass is 298 g/mol. The SMILES string of the molecule is Cc1ccsc1C(=O)c1ccc(F)cc1Br. The van der Waals surface area contributed by atoms with Crippen molar-refractivity contribution in [3.05, 3.63) is 55.9 Å². The second kappa shape index (κ2) is 4.47. The van der Waals surface area contributed by atoms with Crippen LogP contribution in [0.2, 0.25) is 0 Å². The highest BCUT2D eigenvalue weighted by atomic mass is 79.9. The van der Waals surface area contributed by atoms with Crippen molar-refractivity contribution in [3.8, 4) is 0 Å². The van der Waals surface area contributed by atoms with Gasteiger partial charge in [0.1, 0.15) is 5.82 Å². The van der Waals surface area contributed by atoms with E-state index < -0.39 is 0 Å². The lowest BCUT2D eigenvalue weighted by molar-refractivity contribution is 0.104. The lowest BCUT2D eigenvalue weighted by atomic mass is 10.1. The minimum absolute atomic E-state index is 0.0700. The fourth-order valence-electron chi connectivity index (χ4n) is 1.40. The van der Waals surface area contributed by atoms with Gasteiger partial charge in [0.2, 0.25) is 5.78 Å².